The molecule has 1 aromatic heterocycles. The largest absolute Gasteiger partial charge is 0.417 e. The van der Waals surface area contributed by atoms with Crippen LogP contribution in [0.3, 0.4) is 0 Å². The molecular formula is C15H11FN2O3. The van der Waals surface area contributed by atoms with Gasteiger partial charge in [0.15, 0.2) is 11.4 Å². The summed E-state index contributed by atoms with van der Waals surface area (Å²) >= 11 is 0. The van der Waals surface area contributed by atoms with Crippen molar-refractivity contribution >= 4 is 22.6 Å². The van der Waals surface area contributed by atoms with Crippen molar-refractivity contribution < 1.29 is 13.6 Å². The van der Waals surface area contributed by atoms with Crippen LogP contribution < -0.4 is 11.5 Å². The first-order valence-corrected chi connectivity index (χ1v) is 6.19. The minimum Gasteiger partial charge on any atom is -0.408 e. The number of aryl methyl sites for hydroxylation is 1. The van der Waals surface area contributed by atoms with Gasteiger partial charge in [0.25, 0.3) is 0 Å². The van der Waals surface area contributed by atoms with Gasteiger partial charge in [0.2, 0.25) is 0 Å². The van der Waals surface area contributed by atoms with E-state index in [4.69, 9.17) is 10.2 Å². The summed E-state index contributed by atoms with van der Waals surface area (Å²) < 4.78 is 19.0. The number of hydrogen-bond donors (Lipinski definition) is 2. The second kappa shape index (κ2) is 4.59. The quantitative estimate of drug-likeness (QED) is 0.559. The molecule has 3 rings (SSSR count). The Morgan fingerprint density at radius 1 is 1.29 bits per heavy atom. The van der Waals surface area contributed by atoms with E-state index in [0.717, 1.165) is 0 Å². The first-order chi connectivity index (χ1) is 9.95. The van der Waals surface area contributed by atoms with E-state index in [1.54, 1.807) is 0 Å². The lowest BCUT2D eigenvalue weighted by Crippen LogP contribution is -2.07. The van der Waals surface area contributed by atoms with Crippen molar-refractivity contribution in [3.8, 4) is 0 Å². The van der Waals surface area contributed by atoms with E-state index in [0.29, 0.717) is 16.8 Å². The monoisotopic (exact) mass is 286 g/mol. The van der Waals surface area contributed by atoms with E-state index in [9.17, 15) is 14.0 Å². The van der Waals surface area contributed by atoms with Crippen molar-refractivity contribution in [2.75, 3.05) is 5.73 Å². The molecule has 21 heavy (non-hydrogen) atoms. The number of carbonyl (C=O) groups excluding carboxylic acids is 1. The van der Waals surface area contributed by atoms with E-state index in [-0.39, 0.29) is 16.7 Å². The molecule has 0 radical (unpaired) electrons. The van der Waals surface area contributed by atoms with Crippen molar-refractivity contribution in [2.24, 2.45) is 0 Å². The van der Waals surface area contributed by atoms with Gasteiger partial charge < -0.3 is 10.2 Å². The summed E-state index contributed by atoms with van der Waals surface area (Å²) in [6.45, 7) is 1.54. The van der Waals surface area contributed by atoms with Crippen LogP contribution in [-0.2, 0) is 0 Å². The summed E-state index contributed by atoms with van der Waals surface area (Å²) in [6, 6.07) is 7.18. The molecule has 5 nitrogen and oxygen atoms in total. The molecule has 0 fully saturated rings. The SMILES string of the molecule is Cc1cc(N)cc(C(=O)c2ccc3[nH]c(=O)oc3c2)c1F. The van der Waals surface area contributed by atoms with E-state index < -0.39 is 17.4 Å². The van der Waals surface area contributed by atoms with Crippen molar-refractivity contribution in [2.45, 2.75) is 6.92 Å². The number of aromatic amines is 1. The van der Waals surface area contributed by atoms with E-state index >= 15 is 0 Å². The van der Waals surface area contributed by atoms with Crippen LogP contribution in [0.5, 0.6) is 0 Å². The highest BCUT2D eigenvalue weighted by molar-refractivity contribution is 6.10. The molecular weight excluding hydrogens is 275 g/mol. The van der Waals surface area contributed by atoms with Crippen LogP contribution in [0.25, 0.3) is 11.1 Å². The number of nitrogen functional groups attached to an aromatic ring is 1. The zero-order valence-electron chi connectivity index (χ0n) is 11.1. The van der Waals surface area contributed by atoms with Crippen LogP contribution in [0.4, 0.5) is 10.1 Å². The molecule has 0 spiro atoms. The van der Waals surface area contributed by atoms with Gasteiger partial charge in [-0.05, 0) is 42.8 Å². The number of rotatable bonds is 2. The first kappa shape index (κ1) is 13.1. The molecule has 106 valence electrons. The molecule has 0 bridgehead atoms. The van der Waals surface area contributed by atoms with Crippen LogP contribution in [-0.4, -0.2) is 10.8 Å². The molecule has 0 aliphatic carbocycles. The Morgan fingerprint density at radius 3 is 2.81 bits per heavy atom. The van der Waals surface area contributed by atoms with Gasteiger partial charge >= 0.3 is 5.76 Å². The fourth-order valence-electron chi connectivity index (χ4n) is 2.20. The van der Waals surface area contributed by atoms with Gasteiger partial charge in [0.1, 0.15) is 5.82 Å². The number of fused-ring (bicyclic) bond motifs is 1. The number of aromatic nitrogens is 1. The highest BCUT2D eigenvalue weighted by Gasteiger charge is 2.17. The summed E-state index contributed by atoms with van der Waals surface area (Å²) in [7, 11) is 0. The van der Waals surface area contributed by atoms with Crippen molar-refractivity contribution in [1.29, 1.82) is 0 Å². The predicted molar refractivity (Wildman–Crippen MR) is 75.8 cm³/mol. The van der Waals surface area contributed by atoms with Gasteiger partial charge in [0, 0.05) is 11.3 Å². The Balaban J connectivity index is 2.14. The maximum atomic E-state index is 14.1. The van der Waals surface area contributed by atoms with Crippen molar-refractivity contribution in [3.05, 3.63) is 63.4 Å². The van der Waals surface area contributed by atoms with Gasteiger partial charge in [-0.25, -0.2) is 9.18 Å². The molecule has 0 aliphatic rings. The highest BCUT2D eigenvalue weighted by Crippen LogP contribution is 2.22. The molecule has 3 N–H and O–H groups in total. The van der Waals surface area contributed by atoms with Crippen molar-refractivity contribution in [1.82, 2.24) is 4.98 Å². The second-order valence-electron chi connectivity index (χ2n) is 4.75. The Hall–Kier alpha value is -2.89. The molecule has 0 saturated heterocycles. The molecule has 0 amide bonds. The number of H-pyrrole nitrogens is 1. The third-order valence-electron chi connectivity index (χ3n) is 3.20. The zero-order chi connectivity index (χ0) is 15.1. The van der Waals surface area contributed by atoms with Crippen LogP contribution in [0.2, 0.25) is 0 Å². The minimum absolute atomic E-state index is 0.107. The number of halogens is 1. The van der Waals surface area contributed by atoms with Gasteiger partial charge in [-0.2, -0.15) is 0 Å². The van der Waals surface area contributed by atoms with E-state index in [1.165, 1.54) is 37.3 Å². The van der Waals surface area contributed by atoms with Crippen LogP contribution in [0, 0.1) is 12.7 Å². The second-order valence-corrected chi connectivity index (χ2v) is 4.75. The number of benzene rings is 2. The predicted octanol–water partition coefficient (Wildman–Crippen LogP) is 2.38. The number of nitrogens with one attached hydrogen (secondary N) is 1. The molecule has 1 heterocycles. The van der Waals surface area contributed by atoms with Gasteiger partial charge in [-0.15, -0.1) is 0 Å². The third-order valence-corrected chi connectivity index (χ3v) is 3.20. The summed E-state index contributed by atoms with van der Waals surface area (Å²) in [5.41, 5.74) is 7.09. The van der Waals surface area contributed by atoms with Gasteiger partial charge in [-0.1, -0.05) is 0 Å². The van der Waals surface area contributed by atoms with Crippen LogP contribution in [0.1, 0.15) is 21.5 Å². The summed E-state index contributed by atoms with van der Waals surface area (Å²) in [4.78, 5) is 26.0. The fourth-order valence-corrected chi connectivity index (χ4v) is 2.20. The average molecular weight is 286 g/mol. The van der Waals surface area contributed by atoms with E-state index in [1.807, 2.05) is 0 Å². The maximum absolute atomic E-state index is 14.1. The fraction of sp³-hybridized carbons (Fsp3) is 0.0667. The van der Waals surface area contributed by atoms with Crippen LogP contribution >= 0.6 is 0 Å². The summed E-state index contributed by atoms with van der Waals surface area (Å²) in [5, 5.41) is 0. The molecule has 2 aromatic carbocycles. The zero-order valence-corrected chi connectivity index (χ0v) is 11.1. The van der Waals surface area contributed by atoms with E-state index in [2.05, 4.69) is 4.98 Å². The number of nitrogens with two attached hydrogens (primary N) is 1. The molecule has 0 unspecified atom stereocenters. The summed E-state index contributed by atoms with van der Waals surface area (Å²) in [5.74, 6) is -1.74. The first-order valence-electron chi connectivity index (χ1n) is 6.19. The number of hydrogen-bond acceptors (Lipinski definition) is 4. The number of oxazole rings is 1. The molecule has 0 atom stereocenters. The molecule has 6 heteroatoms. The Morgan fingerprint density at radius 2 is 2.05 bits per heavy atom. The lowest BCUT2D eigenvalue weighted by atomic mass is 10.00. The van der Waals surface area contributed by atoms with Crippen molar-refractivity contribution in [3.63, 3.8) is 0 Å². The Bertz CT molecular complexity index is 924. The van der Waals surface area contributed by atoms with Gasteiger partial charge in [0.05, 0.1) is 11.1 Å². The minimum atomic E-state index is -0.611. The Labute approximate surface area is 118 Å². The number of anilines is 1. The topological polar surface area (TPSA) is 89.1 Å². The molecule has 3 aromatic rings. The molecule has 0 aliphatic heterocycles. The average Bonchev–Trinajstić information content (AvgIpc) is 2.81. The Kier molecular flexibility index (Phi) is 2.86. The lowest BCUT2D eigenvalue weighted by molar-refractivity contribution is 0.103. The number of ketones is 1. The third kappa shape index (κ3) is 2.20. The smallest absolute Gasteiger partial charge is 0.408 e. The number of carbonyl (C=O) groups is 1. The van der Waals surface area contributed by atoms with Crippen LogP contribution in [0.15, 0.2) is 39.5 Å². The normalized spacial score (nSPS) is 11.0. The standard InChI is InChI=1S/C15H11FN2O3/c1-7-4-9(17)6-10(13(7)16)14(19)8-2-3-11-12(5-8)21-15(20)18-11/h2-6H,17H2,1H3,(H,18,20). The van der Waals surface area contributed by atoms with Gasteiger partial charge in [-0.3, -0.25) is 9.78 Å². The highest BCUT2D eigenvalue weighted by atomic mass is 19.1. The maximum Gasteiger partial charge on any atom is 0.417 e. The lowest BCUT2D eigenvalue weighted by Gasteiger charge is -2.06. The summed E-state index contributed by atoms with van der Waals surface area (Å²) in [6.07, 6.45) is 0. The molecule has 0 saturated carbocycles.